The van der Waals surface area contributed by atoms with Crippen LogP contribution in [0, 0.1) is 0 Å². The predicted octanol–water partition coefficient (Wildman–Crippen LogP) is 1.26. The number of ether oxygens (including phenoxy) is 3. The molecule has 2 N–H and O–H groups in total. The number of nitrogens with zero attached hydrogens (tertiary/aromatic N) is 2. The van der Waals surface area contributed by atoms with E-state index in [9.17, 15) is 0 Å². The molecule has 0 fully saturated rings. The molecule has 1 aromatic carbocycles. The molecule has 0 amide bonds. The number of benzene rings is 1. The summed E-state index contributed by atoms with van der Waals surface area (Å²) in [6.07, 6.45) is 3.41. The van der Waals surface area contributed by atoms with Gasteiger partial charge in [0, 0.05) is 13.0 Å². The van der Waals surface area contributed by atoms with Crippen LogP contribution in [0.15, 0.2) is 18.5 Å². The third-order valence-corrected chi connectivity index (χ3v) is 3.28. The molecule has 7 heteroatoms. The second kappa shape index (κ2) is 6.45. The standard InChI is InChI=1S/C14H18N4O3/c1-19-11-5-10(6-12-14(11)21-9-20-12)7-15-4-2-3-13-16-8-17-18-13/h5-6,8,15H,2-4,7,9H2,1H3,(H,16,17,18). The lowest BCUT2D eigenvalue weighted by atomic mass is 10.1. The smallest absolute Gasteiger partial charge is 0.231 e. The Kier molecular flexibility index (Phi) is 4.20. The van der Waals surface area contributed by atoms with Crippen molar-refractivity contribution in [3.63, 3.8) is 0 Å². The van der Waals surface area contributed by atoms with E-state index in [1.165, 1.54) is 6.33 Å². The van der Waals surface area contributed by atoms with Crippen LogP contribution in [0.4, 0.5) is 0 Å². The maximum atomic E-state index is 5.41. The Bertz CT molecular complexity index is 586. The highest BCUT2D eigenvalue weighted by molar-refractivity contribution is 5.55. The van der Waals surface area contributed by atoms with Crippen LogP contribution >= 0.6 is 0 Å². The molecule has 0 spiro atoms. The van der Waals surface area contributed by atoms with Crippen molar-refractivity contribution in [1.29, 1.82) is 0 Å². The molecule has 1 aliphatic heterocycles. The zero-order chi connectivity index (χ0) is 14.5. The number of fused-ring (bicyclic) bond motifs is 1. The lowest BCUT2D eigenvalue weighted by molar-refractivity contribution is 0.171. The Morgan fingerprint density at radius 2 is 2.33 bits per heavy atom. The molecule has 112 valence electrons. The highest BCUT2D eigenvalue weighted by atomic mass is 16.7. The average molecular weight is 290 g/mol. The summed E-state index contributed by atoms with van der Waals surface area (Å²) in [4.78, 5) is 4.09. The number of aromatic nitrogens is 3. The van der Waals surface area contributed by atoms with Crippen LogP contribution < -0.4 is 19.5 Å². The maximum Gasteiger partial charge on any atom is 0.231 e. The molecule has 0 radical (unpaired) electrons. The van der Waals surface area contributed by atoms with Crippen molar-refractivity contribution in [3.8, 4) is 17.2 Å². The van der Waals surface area contributed by atoms with Gasteiger partial charge in [-0.05, 0) is 30.7 Å². The number of H-pyrrole nitrogens is 1. The summed E-state index contributed by atoms with van der Waals surface area (Å²) in [6, 6.07) is 3.95. The van der Waals surface area contributed by atoms with Gasteiger partial charge in [-0.15, -0.1) is 0 Å². The van der Waals surface area contributed by atoms with Gasteiger partial charge in [-0.3, -0.25) is 5.10 Å². The fourth-order valence-electron chi connectivity index (χ4n) is 2.25. The molecule has 0 saturated carbocycles. The monoisotopic (exact) mass is 290 g/mol. The predicted molar refractivity (Wildman–Crippen MR) is 75.5 cm³/mol. The highest BCUT2D eigenvalue weighted by Gasteiger charge is 2.19. The first-order valence-electron chi connectivity index (χ1n) is 6.88. The number of nitrogens with one attached hydrogen (secondary N) is 2. The van der Waals surface area contributed by atoms with Crippen LogP contribution in [0.25, 0.3) is 0 Å². The van der Waals surface area contributed by atoms with Gasteiger partial charge in [-0.2, -0.15) is 5.10 Å². The summed E-state index contributed by atoms with van der Waals surface area (Å²) in [5.41, 5.74) is 1.11. The van der Waals surface area contributed by atoms with E-state index in [0.29, 0.717) is 11.5 Å². The number of aryl methyl sites for hydroxylation is 1. The number of hydrogen-bond donors (Lipinski definition) is 2. The van der Waals surface area contributed by atoms with Gasteiger partial charge in [0.15, 0.2) is 11.5 Å². The molecule has 0 bridgehead atoms. The number of methoxy groups -OCH3 is 1. The van der Waals surface area contributed by atoms with Gasteiger partial charge in [-0.25, -0.2) is 4.98 Å². The number of aromatic amines is 1. The zero-order valence-electron chi connectivity index (χ0n) is 11.9. The fraction of sp³-hybridized carbons (Fsp3) is 0.429. The largest absolute Gasteiger partial charge is 0.493 e. The van der Waals surface area contributed by atoms with E-state index in [-0.39, 0.29) is 6.79 Å². The Morgan fingerprint density at radius 3 is 3.14 bits per heavy atom. The van der Waals surface area contributed by atoms with Crippen LogP contribution in [0.1, 0.15) is 17.8 Å². The molecule has 0 saturated heterocycles. The van der Waals surface area contributed by atoms with Gasteiger partial charge >= 0.3 is 0 Å². The van der Waals surface area contributed by atoms with E-state index >= 15 is 0 Å². The quantitative estimate of drug-likeness (QED) is 0.747. The van der Waals surface area contributed by atoms with Gasteiger partial charge < -0.3 is 19.5 Å². The minimum atomic E-state index is 0.250. The molecule has 0 aliphatic carbocycles. The second-order valence-electron chi connectivity index (χ2n) is 4.74. The van der Waals surface area contributed by atoms with E-state index in [0.717, 1.165) is 43.1 Å². The maximum absolute atomic E-state index is 5.41. The number of rotatable bonds is 7. The molecule has 1 aromatic heterocycles. The van der Waals surface area contributed by atoms with Crippen LogP contribution in [0.2, 0.25) is 0 Å². The first-order valence-corrected chi connectivity index (χ1v) is 6.88. The van der Waals surface area contributed by atoms with Crippen LogP contribution in [-0.2, 0) is 13.0 Å². The zero-order valence-corrected chi connectivity index (χ0v) is 11.9. The van der Waals surface area contributed by atoms with Crippen molar-refractivity contribution in [2.24, 2.45) is 0 Å². The summed E-state index contributed by atoms with van der Waals surface area (Å²) in [5.74, 6) is 3.06. The molecule has 3 rings (SSSR count). The van der Waals surface area contributed by atoms with Gasteiger partial charge in [-0.1, -0.05) is 0 Å². The molecule has 1 aliphatic rings. The lowest BCUT2D eigenvalue weighted by Crippen LogP contribution is -2.15. The second-order valence-corrected chi connectivity index (χ2v) is 4.74. The molecule has 2 aromatic rings. The highest BCUT2D eigenvalue weighted by Crippen LogP contribution is 2.41. The van der Waals surface area contributed by atoms with Crippen molar-refractivity contribution in [1.82, 2.24) is 20.5 Å². The Balaban J connectivity index is 1.49. The molecule has 0 unspecified atom stereocenters. The van der Waals surface area contributed by atoms with E-state index in [1.807, 2.05) is 12.1 Å². The fourth-order valence-corrected chi connectivity index (χ4v) is 2.25. The first kappa shape index (κ1) is 13.7. The molecule has 7 nitrogen and oxygen atoms in total. The normalized spacial score (nSPS) is 12.6. The summed E-state index contributed by atoms with van der Waals surface area (Å²) in [5, 5.41) is 10.1. The van der Waals surface area contributed by atoms with Crippen molar-refractivity contribution < 1.29 is 14.2 Å². The minimum Gasteiger partial charge on any atom is -0.493 e. The Hall–Kier alpha value is -2.28. The van der Waals surface area contributed by atoms with Gasteiger partial charge in [0.2, 0.25) is 12.5 Å². The van der Waals surface area contributed by atoms with E-state index in [2.05, 4.69) is 20.5 Å². The van der Waals surface area contributed by atoms with Gasteiger partial charge in [0.1, 0.15) is 12.2 Å². The minimum absolute atomic E-state index is 0.250. The summed E-state index contributed by atoms with van der Waals surface area (Å²) in [6.45, 7) is 1.90. The third kappa shape index (κ3) is 3.25. The Morgan fingerprint density at radius 1 is 1.38 bits per heavy atom. The van der Waals surface area contributed by atoms with Crippen molar-refractivity contribution in [3.05, 3.63) is 29.8 Å². The first-order chi connectivity index (χ1) is 10.4. The molecular weight excluding hydrogens is 272 g/mol. The van der Waals surface area contributed by atoms with Gasteiger partial charge in [0.05, 0.1) is 7.11 Å². The third-order valence-electron chi connectivity index (χ3n) is 3.28. The van der Waals surface area contributed by atoms with E-state index in [1.54, 1.807) is 7.11 Å². The van der Waals surface area contributed by atoms with Crippen LogP contribution in [0.3, 0.4) is 0 Å². The van der Waals surface area contributed by atoms with Crippen LogP contribution in [0.5, 0.6) is 17.2 Å². The Labute approximate surface area is 122 Å². The van der Waals surface area contributed by atoms with E-state index in [4.69, 9.17) is 14.2 Å². The van der Waals surface area contributed by atoms with Gasteiger partial charge in [0.25, 0.3) is 0 Å². The summed E-state index contributed by atoms with van der Waals surface area (Å²) >= 11 is 0. The molecule has 0 atom stereocenters. The average Bonchev–Trinajstić information content (AvgIpc) is 3.16. The molecular formula is C14H18N4O3. The lowest BCUT2D eigenvalue weighted by Gasteiger charge is -2.09. The van der Waals surface area contributed by atoms with Crippen molar-refractivity contribution in [2.75, 3.05) is 20.4 Å². The van der Waals surface area contributed by atoms with Crippen LogP contribution in [-0.4, -0.2) is 35.6 Å². The molecule has 21 heavy (non-hydrogen) atoms. The SMILES string of the molecule is COc1cc(CNCCCc2ncn[nH]2)cc2c1OCO2. The summed E-state index contributed by atoms with van der Waals surface area (Å²) in [7, 11) is 1.63. The summed E-state index contributed by atoms with van der Waals surface area (Å²) < 4.78 is 16.1. The molecule has 2 heterocycles. The van der Waals surface area contributed by atoms with Crippen molar-refractivity contribution >= 4 is 0 Å². The van der Waals surface area contributed by atoms with Crippen molar-refractivity contribution in [2.45, 2.75) is 19.4 Å². The van der Waals surface area contributed by atoms with E-state index < -0.39 is 0 Å². The number of hydrogen-bond acceptors (Lipinski definition) is 6. The topological polar surface area (TPSA) is 81.3 Å².